The zero-order chi connectivity index (χ0) is 62.0. The minimum atomic E-state index is -5.24. The fourth-order valence-electron chi connectivity index (χ4n) is 10.4. The van der Waals surface area contributed by atoms with Gasteiger partial charge >= 0.3 is 0 Å². The highest BCUT2D eigenvalue weighted by Gasteiger charge is 2.49. The third-order valence-electron chi connectivity index (χ3n) is 14.0. The number of amides is 1. The molecule has 1 atom stereocenters. The Hall–Kier alpha value is -6.03. The van der Waals surface area contributed by atoms with Crippen molar-refractivity contribution in [3.05, 3.63) is 107 Å². The number of carbonyl (C=O) groups is 2. The molecule has 1 aromatic heterocycles. The molecule has 0 spiro atoms. The number of aromatic nitrogens is 1. The number of nitrogens with zero attached hydrogens (tertiary/aromatic N) is 3. The summed E-state index contributed by atoms with van der Waals surface area (Å²) in [7, 11) is -33.8. The summed E-state index contributed by atoms with van der Waals surface area (Å²) in [4.78, 5) is 28.2. The van der Waals surface area contributed by atoms with E-state index in [0.717, 1.165) is 23.2 Å². The second-order valence-corrected chi connectivity index (χ2v) is 30.7. The van der Waals surface area contributed by atoms with Crippen molar-refractivity contribution in [2.45, 2.75) is 78.4 Å². The maximum absolute atomic E-state index is 13.4. The van der Waals surface area contributed by atoms with Gasteiger partial charge in [0.1, 0.15) is 27.7 Å². The predicted molar refractivity (Wildman–Crippen MR) is 300 cm³/mol. The molecule has 0 saturated carbocycles. The van der Waals surface area contributed by atoms with Crippen molar-refractivity contribution in [1.82, 2.24) is 10.3 Å². The van der Waals surface area contributed by atoms with E-state index in [-0.39, 0.29) is 93.2 Å². The summed E-state index contributed by atoms with van der Waals surface area (Å²) in [5.41, 5.74) is -2.41. The van der Waals surface area contributed by atoms with Crippen LogP contribution in [0.2, 0.25) is 0 Å². The van der Waals surface area contributed by atoms with E-state index >= 15 is 0 Å². The first kappa shape index (κ1) is 64.5. The smallest absolute Gasteiger partial charge is 0.295 e. The second kappa shape index (κ2) is 22.8. The van der Waals surface area contributed by atoms with Crippen molar-refractivity contribution in [3.8, 4) is 11.1 Å². The van der Waals surface area contributed by atoms with Crippen molar-refractivity contribution in [2.75, 3.05) is 41.1 Å². The molecule has 28 nitrogen and oxygen atoms in total. The summed E-state index contributed by atoms with van der Waals surface area (Å²) in [6.07, 6.45) is 2.72. The molecule has 4 aromatic carbocycles. The van der Waals surface area contributed by atoms with Gasteiger partial charge in [0.2, 0.25) is 5.69 Å². The first-order valence-electron chi connectivity index (χ1n) is 24.3. The number of nitrogens with one attached hydrogen (secondary N) is 1. The van der Waals surface area contributed by atoms with Crippen LogP contribution in [0.25, 0.3) is 32.7 Å². The molecule has 0 radical (unpaired) electrons. The third kappa shape index (κ3) is 14.6. The number of anilines is 1. The van der Waals surface area contributed by atoms with Crippen molar-refractivity contribution in [3.63, 3.8) is 0 Å². The average Bonchev–Trinajstić information content (AvgIpc) is 1.75. The predicted octanol–water partition coefficient (Wildman–Crippen LogP) is 3.68. The number of hydrazine groups is 1. The fourth-order valence-corrected chi connectivity index (χ4v) is 14.4. The maximum Gasteiger partial charge on any atom is 0.295 e. The van der Waals surface area contributed by atoms with E-state index < -0.39 is 155 Å². The Morgan fingerprint density at radius 3 is 1.77 bits per heavy atom. The molecule has 35 heteroatoms. The van der Waals surface area contributed by atoms with Gasteiger partial charge in [-0.25, -0.2) is 10.8 Å². The highest BCUT2D eigenvalue weighted by Crippen LogP contribution is 2.52. The molecule has 2 aliphatic rings. The van der Waals surface area contributed by atoms with Crippen molar-refractivity contribution >= 4 is 121 Å². The minimum Gasteiger partial charge on any atom is -0.350 e. The Kier molecular flexibility index (Phi) is 17.7. The van der Waals surface area contributed by atoms with Crippen molar-refractivity contribution in [1.29, 1.82) is 0 Å². The Bertz CT molecular complexity index is 4460. The summed E-state index contributed by atoms with van der Waals surface area (Å²) in [5, 5.41) is 2.97. The minimum absolute atomic E-state index is 0.0292. The lowest BCUT2D eigenvalue weighted by Gasteiger charge is -2.25. The van der Waals surface area contributed by atoms with Crippen LogP contribution in [0.4, 0.5) is 11.4 Å². The molecule has 0 aliphatic carbocycles. The van der Waals surface area contributed by atoms with E-state index in [9.17, 15) is 100 Å². The van der Waals surface area contributed by atoms with Crippen LogP contribution >= 0.6 is 0 Å². The van der Waals surface area contributed by atoms with E-state index in [1.807, 2.05) is 0 Å². The van der Waals surface area contributed by atoms with Gasteiger partial charge in [-0.15, -0.1) is 0 Å². The van der Waals surface area contributed by atoms with Gasteiger partial charge in [0, 0.05) is 59.0 Å². The summed E-state index contributed by atoms with van der Waals surface area (Å²) in [5.74, 6) is 1.63. The van der Waals surface area contributed by atoms with Gasteiger partial charge < -0.3 is 5.32 Å². The van der Waals surface area contributed by atoms with E-state index in [0.29, 0.717) is 11.6 Å². The number of ketones is 1. The summed E-state index contributed by atoms with van der Waals surface area (Å²) in [6, 6.07) is 11.6. The Morgan fingerprint density at radius 1 is 0.614 bits per heavy atom. The molecule has 0 saturated heterocycles. The van der Waals surface area contributed by atoms with Crippen LogP contribution in [0.5, 0.6) is 0 Å². The molecule has 3 heterocycles. The van der Waals surface area contributed by atoms with E-state index in [1.54, 1.807) is 20.8 Å². The summed E-state index contributed by atoms with van der Waals surface area (Å²) >= 11 is 0. The lowest BCUT2D eigenvalue weighted by molar-refractivity contribution is -0.437. The monoisotopic (exact) mass is 1290 g/mol. The maximum atomic E-state index is 13.4. The highest BCUT2D eigenvalue weighted by molar-refractivity contribution is 7.87. The number of rotatable bonds is 23. The molecular formula is C48H54N5O23S7+. The number of hydrogen-bond acceptors (Lipinski definition) is 19. The number of allylic oxidation sites excluding steroid dienone is 4. The molecule has 450 valence electrons. The molecule has 5 aromatic rings. The summed E-state index contributed by atoms with van der Waals surface area (Å²) in [6.45, 7) is 4.09. The fraction of sp³-hybridized carbons (Fsp3) is 0.333. The van der Waals surface area contributed by atoms with Crippen LogP contribution in [0.3, 0.4) is 0 Å². The molecule has 7 rings (SSSR count). The van der Waals surface area contributed by atoms with E-state index in [2.05, 4.69) is 10.3 Å². The van der Waals surface area contributed by atoms with Gasteiger partial charge in [-0.1, -0.05) is 32.1 Å². The average molecular weight is 1290 g/mol. The van der Waals surface area contributed by atoms with Gasteiger partial charge in [-0.2, -0.15) is 63.5 Å². The molecule has 1 unspecified atom stereocenters. The Morgan fingerprint density at radius 2 is 1.18 bits per heavy atom. The number of Topliss-reactive ketones (excluding diaryl/α,β-unsaturated/α-hetero) is 1. The van der Waals surface area contributed by atoms with Crippen LogP contribution in [0.15, 0.2) is 99.3 Å². The van der Waals surface area contributed by atoms with Gasteiger partial charge in [0.15, 0.2) is 11.5 Å². The quantitative estimate of drug-likeness (QED) is 0.0195. The summed E-state index contributed by atoms with van der Waals surface area (Å²) < 4.78 is 242. The number of benzene rings is 4. The molecule has 83 heavy (non-hydrogen) atoms. The normalized spacial score (nSPS) is 17.5. The van der Waals surface area contributed by atoms with Crippen LogP contribution in [-0.2, 0) is 81.7 Å². The number of pyridine rings is 1. The Balaban J connectivity index is 1.40. The first-order chi connectivity index (χ1) is 37.9. The van der Waals surface area contributed by atoms with Gasteiger partial charge in [-0.05, 0) is 102 Å². The van der Waals surface area contributed by atoms with Crippen LogP contribution < -0.4 is 16.2 Å². The number of fused-ring (bicyclic) bond motifs is 6. The largest absolute Gasteiger partial charge is 0.350 e. The number of nitrogens with two attached hydrogens (primary N) is 1. The molecule has 1 amide bonds. The van der Waals surface area contributed by atoms with Crippen LogP contribution in [0, 0.1) is 0 Å². The first-order valence-corrected chi connectivity index (χ1v) is 35.0. The molecule has 0 bridgehead atoms. The van der Waals surface area contributed by atoms with Crippen molar-refractivity contribution in [2.24, 2.45) is 5.84 Å². The zero-order valence-corrected chi connectivity index (χ0v) is 49.4. The number of carbonyl (C=O) groups excluding carboxylic acids is 2. The van der Waals surface area contributed by atoms with E-state index in [1.165, 1.54) is 59.2 Å². The third-order valence-corrected chi connectivity index (χ3v) is 19.7. The SMILES string of the molecule is CC1(CCCS(=O)(=O)O)C(/C=C/C=C2/N(N)c3cc(S(=O)(=O)O)c4cc(-c5cc(C(=O)CCCS(=O)(=O)O)nc(C(=O)NCCS(=O)(=O)O)c5)ccc4c3C2(C)C)=[N+](CCCS(=O)(=O)O)c2ccc3c(S(=O)(=O)O)cc(S(=O)(=O)O)cc3c21. The van der Waals surface area contributed by atoms with Gasteiger partial charge in [0.05, 0.1) is 39.0 Å². The van der Waals surface area contributed by atoms with E-state index in [4.69, 9.17) is 5.84 Å². The lowest BCUT2D eigenvalue weighted by atomic mass is 9.74. The topological polar surface area (TPSA) is 472 Å². The molecule has 2 aliphatic heterocycles. The highest BCUT2D eigenvalue weighted by atomic mass is 32.2. The lowest BCUT2D eigenvalue weighted by Crippen LogP contribution is -2.33. The van der Waals surface area contributed by atoms with Crippen molar-refractivity contribution < 1.29 is 105 Å². The van der Waals surface area contributed by atoms with Crippen LogP contribution in [-0.4, -0.2) is 154 Å². The molecule has 10 N–H and O–H groups in total. The molecule has 0 fully saturated rings. The van der Waals surface area contributed by atoms with Gasteiger partial charge in [0.25, 0.3) is 76.7 Å². The zero-order valence-electron chi connectivity index (χ0n) is 43.7. The van der Waals surface area contributed by atoms with Gasteiger partial charge in [-0.3, -0.25) is 46.5 Å². The number of hydrogen-bond donors (Lipinski definition) is 9. The Labute approximate surface area is 477 Å². The van der Waals surface area contributed by atoms with Crippen LogP contribution in [0.1, 0.15) is 85.0 Å². The second-order valence-electron chi connectivity index (χ2n) is 20.2. The standard InChI is InChI=1S/C48H53N5O23S7/c1-47(2)42(9-4-10-43-48(3,15-6-19-78(59,60)61)45-34-25-30(81(68,69)70)26-40(82(71,72)73)31(34)13-14-37(45)52(43)17-7-20-79(62,63)64)53(49)38-27-41(83(74,75)76)33-22-28(11-12-32(33)44(38)47)29-23-35(39(54)8-5-18-77(56,57)58)51-36(24-29)46(55)50-16-21-80(65,66)67/h4,9-14,22-27H,5-8,15-21,49H2,1-3H3,(H7-,50,55,56,57,58,59,60,61,62,63,64,65,66,67,68,69,70,71,72,73,74,75,76)/p+1. The molecular weight excluding hydrogens is 1240 g/mol.